The molecule has 33 heavy (non-hydrogen) atoms. The van der Waals surface area contributed by atoms with E-state index in [2.05, 4.69) is 10.1 Å². The van der Waals surface area contributed by atoms with E-state index in [9.17, 15) is 14.7 Å². The fourth-order valence-corrected chi connectivity index (χ4v) is 4.32. The molecule has 0 saturated carbocycles. The number of hydrogen-bond acceptors (Lipinski definition) is 5. The standard InChI is InChI=1S/C24H22ClN5O3/c25-18-8-6-17(7-9-18)22(31)28-12-10-24(33,11-13-28)15-29-16-26-21-20(23(29)32)14-27-30(21)19-4-2-1-3-5-19/h1-9,14,16,33H,10-13,15H2. The lowest BCUT2D eigenvalue weighted by Gasteiger charge is -2.38. The van der Waals surface area contributed by atoms with Gasteiger partial charge < -0.3 is 10.0 Å². The van der Waals surface area contributed by atoms with Gasteiger partial charge in [0.25, 0.3) is 11.5 Å². The van der Waals surface area contributed by atoms with Gasteiger partial charge in [0.05, 0.1) is 24.0 Å². The van der Waals surface area contributed by atoms with Crippen molar-refractivity contribution in [1.82, 2.24) is 24.2 Å². The quantitative estimate of drug-likeness (QED) is 0.502. The van der Waals surface area contributed by atoms with Gasteiger partial charge in [0, 0.05) is 23.7 Å². The topological polar surface area (TPSA) is 93.2 Å². The molecule has 1 fully saturated rings. The number of hydrogen-bond donors (Lipinski definition) is 1. The highest BCUT2D eigenvalue weighted by Gasteiger charge is 2.35. The number of para-hydroxylation sites is 1. The van der Waals surface area contributed by atoms with Crippen LogP contribution in [0.1, 0.15) is 23.2 Å². The van der Waals surface area contributed by atoms with Crippen LogP contribution >= 0.6 is 11.6 Å². The average Bonchev–Trinajstić information content (AvgIpc) is 3.27. The van der Waals surface area contributed by atoms with Crippen molar-refractivity contribution in [2.75, 3.05) is 13.1 Å². The minimum absolute atomic E-state index is 0.0951. The lowest BCUT2D eigenvalue weighted by molar-refractivity contribution is -0.0299. The van der Waals surface area contributed by atoms with E-state index >= 15 is 0 Å². The summed E-state index contributed by atoms with van der Waals surface area (Å²) in [5.74, 6) is -0.0951. The lowest BCUT2D eigenvalue weighted by atomic mass is 9.91. The minimum atomic E-state index is -1.11. The van der Waals surface area contributed by atoms with E-state index in [1.54, 1.807) is 33.8 Å². The van der Waals surface area contributed by atoms with Gasteiger partial charge in [-0.15, -0.1) is 0 Å². The Hall–Kier alpha value is -3.49. The second kappa shape index (κ2) is 8.46. The summed E-state index contributed by atoms with van der Waals surface area (Å²) >= 11 is 5.90. The second-order valence-corrected chi connectivity index (χ2v) is 8.77. The van der Waals surface area contributed by atoms with Gasteiger partial charge in [-0.25, -0.2) is 9.67 Å². The first-order valence-corrected chi connectivity index (χ1v) is 11.1. The summed E-state index contributed by atoms with van der Waals surface area (Å²) in [4.78, 5) is 31.9. The summed E-state index contributed by atoms with van der Waals surface area (Å²) < 4.78 is 3.05. The predicted octanol–water partition coefficient (Wildman–Crippen LogP) is 2.90. The smallest absolute Gasteiger partial charge is 0.264 e. The molecule has 8 nitrogen and oxygen atoms in total. The first-order chi connectivity index (χ1) is 15.9. The SMILES string of the molecule is O=C(c1ccc(Cl)cc1)N1CCC(O)(Cn2cnc3c(cnn3-c3ccccc3)c2=O)CC1. The summed E-state index contributed by atoms with van der Waals surface area (Å²) in [6.07, 6.45) is 3.68. The van der Waals surface area contributed by atoms with E-state index in [-0.39, 0.29) is 18.0 Å². The minimum Gasteiger partial charge on any atom is -0.388 e. The number of aliphatic hydroxyl groups is 1. The number of nitrogens with zero attached hydrogens (tertiary/aromatic N) is 5. The number of likely N-dealkylation sites (tertiary alicyclic amines) is 1. The Morgan fingerprint density at radius 3 is 2.45 bits per heavy atom. The predicted molar refractivity (Wildman–Crippen MR) is 125 cm³/mol. The third-order valence-electron chi connectivity index (χ3n) is 6.09. The van der Waals surface area contributed by atoms with Gasteiger partial charge in [-0.05, 0) is 49.2 Å². The van der Waals surface area contributed by atoms with Gasteiger partial charge in [-0.2, -0.15) is 5.10 Å². The molecule has 0 bridgehead atoms. The Bertz CT molecular complexity index is 1360. The fraction of sp³-hybridized carbons (Fsp3) is 0.250. The number of rotatable bonds is 4. The number of aromatic nitrogens is 4. The van der Waals surface area contributed by atoms with Crippen molar-refractivity contribution in [2.45, 2.75) is 25.0 Å². The summed E-state index contributed by atoms with van der Waals surface area (Å²) in [5, 5.41) is 16.4. The van der Waals surface area contributed by atoms with Gasteiger partial charge >= 0.3 is 0 Å². The molecule has 0 aliphatic carbocycles. The molecular formula is C24H22ClN5O3. The summed E-state index contributed by atoms with van der Waals surface area (Å²) in [6.45, 7) is 0.900. The monoisotopic (exact) mass is 463 g/mol. The molecule has 2 aromatic carbocycles. The molecule has 1 aliphatic rings. The van der Waals surface area contributed by atoms with E-state index in [0.29, 0.717) is 47.6 Å². The zero-order chi connectivity index (χ0) is 23.0. The highest BCUT2D eigenvalue weighted by Crippen LogP contribution is 2.25. The first kappa shape index (κ1) is 21.4. The molecule has 9 heteroatoms. The van der Waals surface area contributed by atoms with Crippen molar-refractivity contribution in [3.63, 3.8) is 0 Å². The van der Waals surface area contributed by atoms with Gasteiger partial charge in [0.15, 0.2) is 5.65 Å². The molecule has 0 unspecified atom stereocenters. The molecule has 1 amide bonds. The summed E-state index contributed by atoms with van der Waals surface area (Å²) in [5.41, 5.74) is 0.485. The molecule has 0 atom stereocenters. The van der Waals surface area contributed by atoms with Crippen LogP contribution < -0.4 is 5.56 Å². The Morgan fingerprint density at radius 2 is 1.76 bits per heavy atom. The zero-order valence-electron chi connectivity index (χ0n) is 17.8. The van der Waals surface area contributed by atoms with Crippen LogP contribution in [0.5, 0.6) is 0 Å². The Morgan fingerprint density at radius 1 is 1.06 bits per heavy atom. The molecule has 0 radical (unpaired) electrons. The highest BCUT2D eigenvalue weighted by atomic mass is 35.5. The maximum atomic E-state index is 13.1. The van der Waals surface area contributed by atoms with Crippen LogP contribution in [0.4, 0.5) is 0 Å². The largest absolute Gasteiger partial charge is 0.388 e. The molecule has 2 aromatic heterocycles. The van der Waals surface area contributed by atoms with E-state index < -0.39 is 5.60 Å². The fourth-order valence-electron chi connectivity index (χ4n) is 4.20. The summed E-state index contributed by atoms with van der Waals surface area (Å²) in [7, 11) is 0. The number of piperidine rings is 1. The number of amides is 1. The van der Waals surface area contributed by atoms with Crippen molar-refractivity contribution >= 4 is 28.5 Å². The molecular weight excluding hydrogens is 442 g/mol. The van der Waals surface area contributed by atoms with Crippen molar-refractivity contribution in [1.29, 1.82) is 0 Å². The molecule has 3 heterocycles. The van der Waals surface area contributed by atoms with E-state index in [4.69, 9.17) is 11.6 Å². The van der Waals surface area contributed by atoms with Crippen LogP contribution in [-0.2, 0) is 6.54 Å². The second-order valence-electron chi connectivity index (χ2n) is 8.33. The highest BCUT2D eigenvalue weighted by molar-refractivity contribution is 6.30. The van der Waals surface area contributed by atoms with E-state index in [1.165, 1.54) is 17.1 Å². The third-order valence-corrected chi connectivity index (χ3v) is 6.34. The van der Waals surface area contributed by atoms with Gasteiger partial charge in [0.1, 0.15) is 11.7 Å². The van der Waals surface area contributed by atoms with Gasteiger partial charge in [-0.1, -0.05) is 29.8 Å². The van der Waals surface area contributed by atoms with Crippen molar-refractivity contribution in [2.24, 2.45) is 0 Å². The molecule has 5 rings (SSSR count). The normalized spacial score (nSPS) is 15.6. The van der Waals surface area contributed by atoms with Crippen LogP contribution in [-0.4, -0.2) is 53.9 Å². The Kier molecular flexibility index (Phi) is 5.47. The molecule has 4 aromatic rings. The number of fused-ring (bicyclic) bond motifs is 1. The van der Waals surface area contributed by atoms with E-state index in [1.807, 2.05) is 30.3 Å². The van der Waals surface area contributed by atoms with Crippen LogP contribution in [0.3, 0.4) is 0 Å². The third kappa shape index (κ3) is 4.15. The zero-order valence-corrected chi connectivity index (χ0v) is 18.5. The van der Waals surface area contributed by atoms with Crippen molar-refractivity contribution < 1.29 is 9.90 Å². The summed E-state index contributed by atoms with van der Waals surface area (Å²) in [6, 6.07) is 16.2. The lowest BCUT2D eigenvalue weighted by Crippen LogP contribution is -2.49. The number of carbonyl (C=O) groups is 1. The molecule has 1 saturated heterocycles. The van der Waals surface area contributed by atoms with Gasteiger partial charge in [-0.3, -0.25) is 14.2 Å². The van der Waals surface area contributed by atoms with E-state index in [0.717, 1.165) is 5.69 Å². The Labute approximate surface area is 194 Å². The maximum absolute atomic E-state index is 13.1. The number of benzene rings is 2. The van der Waals surface area contributed by atoms with Crippen LogP contribution in [0.2, 0.25) is 5.02 Å². The van der Waals surface area contributed by atoms with Crippen LogP contribution in [0.25, 0.3) is 16.7 Å². The first-order valence-electron chi connectivity index (χ1n) is 10.7. The van der Waals surface area contributed by atoms with Gasteiger partial charge in [0.2, 0.25) is 0 Å². The number of carbonyl (C=O) groups excluding carboxylic acids is 1. The van der Waals surface area contributed by atoms with Crippen molar-refractivity contribution in [3.8, 4) is 5.69 Å². The Balaban J connectivity index is 1.32. The number of halogens is 1. The molecule has 1 N–H and O–H groups in total. The molecule has 0 spiro atoms. The maximum Gasteiger partial charge on any atom is 0.264 e. The molecule has 1 aliphatic heterocycles. The van der Waals surface area contributed by atoms with Crippen LogP contribution in [0, 0.1) is 0 Å². The average molecular weight is 464 g/mol. The molecule has 168 valence electrons. The van der Waals surface area contributed by atoms with Crippen LogP contribution in [0.15, 0.2) is 71.9 Å². The van der Waals surface area contributed by atoms with Crippen molar-refractivity contribution in [3.05, 3.63) is 88.1 Å².